The van der Waals surface area contributed by atoms with Crippen molar-refractivity contribution in [3.05, 3.63) is 83.4 Å². The van der Waals surface area contributed by atoms with Crippen LogP contribution < -0.4 is 14.8 Å². The molecule has 0 unspecified atom stereocenters. The standard InChI is InChI=1S/C27H25F3N4O4/c1-17-6-4-5-7-21(17)24-32-26(38-15-14-36-2)33-34(24)20-11-9-19(10-12-20)31-25(35)18-8-13-23(37-3)22(16-18)27(28,29)30/h4-13,16H,14-15H2,1-3H3,(H,31,35). The number of nitrogens with zero attached hydrogens (tertiary/aromatic N) is 3. The van der Waals surface area contributed by atoms with Gasteiger partial charge >= 0.3 is 12.2 Å². The van der Waals surface area contributed by atoms with Gasteiger partial charge in [0.2, 0.25) is 0 Å². The van der Waals surface area contributed by atoms with Crippen molar-refractivity contribution in [3.8, 4) is 28.8 Å². The van der Waals surface area contributed by atoms with Crippen LogP contribution in [0.25, 0.3) is 17.1 Å². The Morgan fingerprint density at radius 1 is 1.00 bits per heavy atom. The Hall–Kier alpha value is -4.38. The van der Waals surface area contributed by atoms with Crippen molar-refractivity contribution in [2.45, 2.75) is 13.1 Å². The first kappa shape index (κ1) is 26.7. The number of nitrogens with one attached hydrogen (secondary N) is 1. The van der Waals surface area contributed by atoms with Crippen LogP contribution in [0, 0.1) is 6.92 Å². The maximum absolute atomic E-state index is 13.3. The number of ether oxygens (including phenoxy) is 3. The van der Waals surface area contributed by atoms with Crippen LogP contribution in [0.15, 0.2) is 66.7 Å². The molecule has 0 aliphatic carbocycles. The van der Waals surface area contributed by atoms with Crippen LogP contribution in [0.4, 0.5) is 18.9 Å². The number of methoxy groups -OCH3 is 2. The number of carbonyl (C=O) groups is 1. The number of alkyl halides is 3. The fourth-order valence-corrected chi connectivity index (χ4v) is 3.71. The van der Waals surface area contributed by atoms with Crippen LogP contribution in [0.3, 0.4) is 0 Å². The van der Waals surface area contributed by atoms with E-state index in [9.17, 15) is 18.0 Å². The van der Waals surface area contributed by atoms with Gasteiger partial charge in [0.05, 0.1) is 25.0 Å². The zero-order valence-corrected chi connectivity index (χ0v) is 20.9. The summed E-state index contributed by atoms with van der Waals surface area (Å²) in [5.41, 5.74) is 1.70. The second-order valence-corrected chi connectivity index (χ2v) is 8.20. The fourth-order valence-electron chi connectivity index (χ4n) is 3.71. The highest BCUT2D eigenvalue weighted by Crippen LogP contribution is 2.37. The first-order chi connectivity index (χ1) is 18.2. The van der Waals surface area contributed by atoms with E-state index in [4.69, 9.17) is 14.2 Å². The third kappa shape index (κ3) is 5.94. The number of anilines is 1. The smallest absolute Gasteiger partial charge is 0.419 e. The van der Waals surface area contributed by atoms with Crippen molar-refractivity contribution in [1.29, 1.82) is 0 Å². The number of aromatic nitrogens is 3. The van der Waals surface area contributed by atoms with Crippen molar-refractivity contribution >= 4 is 11.6 Å². The van der Waals surface area contributed by atoms with Gasteiger partial charge in [-0.3, -0.25) is 4.79 Å². The molecule has 3 aromatic carbocycles. The predicted octanol–water partition coefficient (Wildman–Crippen LogP) is 5.55. The molecule has 11 heteroatoms. The highest BCUT2D eigenvalue weighted by atomic mass is 19.4. The Labute approximate surface area is 217 Å². The van der Waals surface area contributed by atoms with E-state index in [1.54, 1.807) is 36.1 Å². The highest BCUT2D eigenvalue weighted by molar-refractivity contribution is 6.04. The summed E-state index contributed by atoms with van der Waals surface area (Å²) in [6.45, 7) is 2.61. The number of benzene rings is 3. The van der Waals surface area contributed by atoms with Gasteiger partial charge in [0.25, 0.3) is 5.91 Å². The molecular formula is C27H25F3N4O4. The van der Waals surface area contributed by atoms with Crippen LogP contribution in [0.1, 0.15) is 21.5 Å². The maximum atomic E-state index is 13.3. The molecule has 4 aromatic rings. The summed E-state index contributed by atoms with van der Waals surface area (Å²) >= 11 is 0. The molecule has 0 aliphatic heterocycles. The first-order valence-electron chi connectivity index (χ1n) is 11.5. The number of rotatable bonds is 9. The number of hydrogen-bond acceptors (Lipinski definition) is 6. The molecule has 198 valence electrons. The molecule has 0 radical (unpaired) electrons. The number of halogens is 3. The SMILES string of the molecule is COCCOc1nc(-c2ccccc2C)n(-c2ccc(NC(=O)c3ccc(OC)c(C(F)(F)F)c3)cc2)n1. The molecule has 0 spiro atoms. The third-order valence-electron chi connectivity index (χ3n) is 5.63. The predicted molar refractivity (Wildman–Crippen MR) is 135 cm³/mol. The van der Waals surface area contributed by atoms with Gasteiger partial charge in [0.15, 0.2) is 5.82 Å². The Morgan fingerprint density at radius 3 is 2.39 bits per heavy atom. The molecule has 8 nitrogen and oxygen atoms in total. The highest BCUT2D eigenvalue weighted by Gasteiger charge is 2.35. The minimum Gasteiger partial charge on any atom is -0.496 e. The maximum Gasteiger partial charge on any atom is 0.419 e. The Bertz CT molecular complexity index is 1420. The lowest BCUT2D eigenvalue weighted by Crippen LogP contribution is -2.15. The molecule has 1 heterocycles. The summed E-state index contributed by atoms with van der Waals surface area (Å²) in [6, 6.07) is 17.7. The summed E-state index contributed by atoms with van der Waals surface area (Å²) in [4.78, 5) is 17.2. The summed E-state index contributed by atoms with van der Waals surface area (Å²) in [7, 11) is 2.71. The van der Waals surface area contributed by atoms with Gasteiger partial charge < -0.3 is 19.5 Å². The van der Waals surface area contributed by atoms with Gasteiger partial charge in [-0.15, -0.1) is 5.10 Å². The van der Waals surface area contributed by atoms with Gasteiger partial charge in [-0.25, -0.2) is 4.68 Å². The Kier molecular flexibility index (Phi) is 7.96. The van der Waals surface area contributed by atoms with Gasteiger partial charge in [-0.1, -0.05) is 24.3 Å². The molecule has 0 fully saturated rings. The quantitative estimate of drug-likeness (QED) is 0.288. The topological polar surface area (TPSA) is 87.5 Å². The molecule has 1 aromatic heterocycles. The van der Waals surface area contributed by atoms with E-state index in [0.29, 0.717) is 23.8 Å². The molecule has 1 N–H and O–H groups in total. The summed E-state index contributed by atoms with van der Waals surface area (Å²) in [6.07, 6.45) is -4.66. The number of aryl methyl sites for hydroxylation is 1. The van der Waals surface area contributed by atoms with Crippen LogP contribution in [0.2, 0.25) is 0 Å². The van der Waals surface area contributed by atoms with E-state index in [1.165, 1.54) is 6.07 Å². The summed E-state index contributed by atoms with van der Waals surface area (Å²) in [5, 5.41) is 7.10. The van der Waals surface area contributed by atoms with Crippen LogP contribution in [-0.2, 0) is 10.9 Å². The zero-order valence-electron chi connectivity index (χ0n) is 20.9. The van der Waals surface area contributed by atoms with Gasteiger partial charge in [0.1, 0.15) is 12.4 Å². The van der Waals surface area contributed by atoms with Gasteiger partial charge in [-0.05, 0) is 55.0 Å². The van der Waals surface area contributed by atoms with E-state index in [-0.39, 0.29) is 23.9 Å². The average molecular weight is 527 g/mol. The molecule has 0 saturated carbocycles. The normalized spacial score (nSPS) is 11.3. The van der Waals surface area contributed by atoms with E-state index >= 15 is 0 Å². The summed E-state index contributed by atoms with van der Waals surface area (Å²) < 4.78 is 57.0. The Balaban J connectivity index is 1.59. The van der Waals surface area contributed by atoms with Crippen LogP contribution in [-0.4, -0.2) is 48.1 Å². The lowest BCUT2D eigenvalue weighted by atomic mass is 10.1. The Morgan fingerprint density at radius 2 is 1.74 bits per heavy atom. The molecule has 4 rings (SSSR count). The zero-order chi connectivity index (χ0) is 27.3. The lowest BCUT2D eigenvalue weighted by Gasteiger charge is -2.13. The molecule has 0 atom stereocenters. The number of carbonyl (C=O) groups excluding carboxylic acids is 1. The average Bonchev–Trinajstić information content (AvgIpc) is 3.32. The van der Waals surface area contributed by atoms with Crippen LogP contribution in [0.5, 0.6) is 11.8 Å². The number of amides is 1. The second kappa shape index (κ2) is 11.3. The molecule has 0 saturated heterocycles. The third-order valence-corrected chi connectivity index (χ3v) is 5.63. The van der Waals surface area contributed by atoms with Crippen LogP contribution >= 0.6 is 0 Å². The van der Waals surface area contributed by atoms with Crippen molar-refractivity contribution in [1.82, 2.24) is 14.8 Å². The van der Waals surface area contributed by atoms with Crippen molar-refractivity contribution in [2.75, 3.05) is 32.8 Å². The number of hydrogen-bond donors (Lipinski definition) is 1. The van der Waals surface area contributed by atoms with Crippen molar-refractivity contribution in [2.24, 2.45) is 0 Å². The molecule has 0 bridgehead atoms. The molecule has 38 heavy (non-hydrogen) atoms. The first-order valence-corrected chi connectivity index (χ1v) is 11.5. The lowest BCUT2D eigenvalue weighted by molar-refractivity contribution is -0.138. The minimum absolute atomic E-state index is 0.154. The fraction of sp³-hybridized carbons (Fsp3) is 0.222. The van der Waals surface area contributed by atoms with Crippen molar-refractivity contribution in [3.63, 3.8) is 0 Å². The van der Waals surface area contributed by atoms with E-state index in [1.807, 2.05) is 31.2 Å². The monoisotopic (exact) mass is 526 g/mol. The summed E-state index contributed by atoms with van der Waals surface area (Å²) in [5.74, 6) is -0.493. The van der Waals surface area contributed by atoms with E-state index < -0.39 is 17.6 Å². The van der Waals surface area contributed by atoms with Gasteiger partial charge in [-0.2, -0.15) is 18.2 Å². The van der Waals surface area contributed by atoms with Gasteiger partial charge in [0, 0.05) is 23.9 Å². The minimum atomic E-state index is -4.66. The molecule has 0 aliphatic rings. The molecule has 1 amide bonds. The van der Waals surface area contributed by atoms with Crippen molar-refractivity contribution < 1.29 is 32.2 Å². The second-order valence-electron chi connectivity index (χ2n) is 8.20. The van der Waals surface area contributed by atoms with E-state index in [2.05, 4.69) is 15.4 Å². The van der Waals surface area contributed by atoms with E-state index in [0.717, 1.165) is 30.4 Å². The largest absolute Gasteiger partial charge is 0.496 e. The molecular weight excluding hydrogens is 501 g/mol.